The van der Waals surface area contributed by atoms with E-state index in [1.54, 1.807) is 0 Å². The van der Waals surface area contributed by atoms with Crippen molar-refractivity contribution in [3.8, 4) is 0 Å². The Morgan fingerprint density at radius 1 is 1.44 bits per heavy atom. The van der Waals surface area contributed by atoms with Crippen LogP contribution < -0.4 is 5.73 Å². The van der Waals surface area contributed by atoms with Crippen molar-refractivity contribution in [2.45, 2.75) is 50.9 Å². The topological polar surface area (TPSA) is 61.0 Å². The number of hydrogen-bond donors (Lipinski definition) is 1. The molecule has 2 N–H and O–H groups in total. The predicted molar refractivity (Wildman–Crippen MR) is 59.9 cm³/mol. The van der Waals surface area contributed by atoms with E-state index < -0.39 is 0 Å². The van der Waals surface area contributed by atoms with E-state index in [9.17, 15) is 0 Å². The molecule has 0 aromatic carbocycles. The molecule has 0 amide bonds. The van der Waals surface area contributed by atoms with E-state index in [4.69, 9.17) is 10.5 Å². The molecule has 3 atom stereocenters. The molecule has 4 heteroatoms. The van der Waals surface area contributed by atoms with E-state index in [1.807, 2.05) is 13.0 Å². The Morgan fingerprint density at radius 2 is 2.31 bits per heavy atom. The number of nitrogens with two attached hydrogens (primary N) is 1. The number of ether oxygens (including phenoxy) is 1. The Hall–Kier alpha value is -1.00. The Balaban J connectivity index is 1.91. The summed E-state index contributed by atoms with van der Waals surface area (Å²) in [4.78, 5) is 9.07. The molecule has 2 bridgehead atoms. The molecule has 0 aliphatic carbocycles. The number of hydrogen-bond acceptors (Lipinski definition) is 4. The largest absolute Gasteiger partial charge is 0.374 e. The minimum absolute atomic E-state index is 0.345. The van der Waals surface area contributed by atoms with Crippen LogP contribution in [0.5, 0.6) is 0 Å². The van der Waals surface area contributed by atoms with Crippen LogP contribution in [-0.4, -0.2) is 22.2 Å². The SMILES string of the molecule is Cc1cc(CN)nc(C2CC3CCC2O3)n1. The maximum atomic E-state index is 5.84. The highest BCUT2D eigenvalue weighted by Crippen LogP contribution is 2.43. The number of nitrogens with zero attached hydrogens (tertiary/aromatic N) is 2. The summed E-state index contributed by atoms with van der Waals surface area (Å²) in [7, 11) is 0. The van der Waals surface area contributed by atoms with Gasteiger partial charge in [0.15, 0.2) is 0 Å². The van der Waals surface area contributed by atoms with Crippen molar-refractivity contribution in [1.29, 1.82) is 0 Å². The molecule has 1 aromatic rings. The molecule has 1 aromatic heterocycles. The fourth-order valence-electron chi connectivity index (χ4n) is 2.84. The Morgan fingerprint density at radius 3 is 2.94 bits per heavy atom. The second kappa shape index (κ2) is 3.79. The molecule has 3 heterocycles. The van der Waals surface area contributed by atoms with Crippen LogP contribution >= 0.6 is 0 Å². The third-order valence-corrected chi connectivity index (χ3v) is 3.57. The Kier molecular flexibility index (Phi) is 2.41. The first-order valence-electron chi connectivity index (χ1n) is 5.96. The van der Waals surface area contributed by atoms with E-state index in [0.717, 1.165) is 30.1 Å². The van der Waals surface area contributed by atoms with Gasteiger partial charge in [-0.3, -0.25) is 0 Å². The van der Waals surface area contributed by atoms with Gasteiger partial charge in [-0.15, -0.1) is 0 Å². The molecule has 16 heavy (non-hydrogen) atoms. The third kappa shape index (κ3) is 1.62. The minimum Gasteiger partial charge on any atom is -0.374 e. The van der Waals surface area contributed by atoms with Crippen molar-refractivity contribution < 1.29 is 4.74 Å². The van der Waals surface area contributed by atoms with Crippen molar-refractivity contribution >= 4 is 0 Å². The summed E-state index contributed by atoms with van der Waals surface area (Å²) in [6.07, 6.45) is 4.23. The van der Waals surface area contributed by atoms with Crippen LogP contribution in [0.25, 0.3) is 0 Å². The van der Waals surface area contributed by atoms with Crippen LogP contribution in [0.3, 0.4) is 0 Å². The first-order valence-corrected chi connectivity index (χ1v) is 5.96. The summed E-state index contributed by atoms with van der Waals surface area (Å²) in [5, 5.41) is 0. The fourth-order valence-corrected chi connectivity index (χ4v) is 2.84. The Labute approximate surface area is 95.2 Å². The van der Waals surface area contributed by atoms with Gasteiger partial charge in [-0.25, -0.2) is 9.97 Å². The molecule has 2 fully saturated rings. The van der Waals surface area contributed by atoms with Crippen LogP contribution in [0.1, 0.15) is 42.4 Å². The second-order valence-electron chi connectivity index (χ2n) is 4.78. The Bertz CT molecular complexity index is 407. The van der Waals surface area contributed by atoms with Gasteiger partial charge in [0.25, 0.3) is 0 Å². The molecule has 2 aliphatic heterocycles. The van der Waals surface area contributed by atoms with Crippen LogP contribution in [0, 0.1) is 6.92 Å². The van der Waals surface area contributed by atoms with Crippen LogP contribution in [0.2, 0.25) is 0 Å². The van der Waals surface area contributed by atoms with Crippen molar-refractivity contribution in [2.75, 3.05) is 0 Å². The number of fused-ring (bicyclic) bond motifs is 2. The average molecular weight is 219 g/mol. The van der Waals surface area contributed by atoms with Gasteiger partial charge in [0.1, 0.15) is 5.82 Å². The van der Waals surface area contributed by atoms with Crippen LogP contribution in [-0.2, 0) is 11.3 Å². The summed E-state index contributed by atoms with van der Waals surface area (Å²) in [6.45, 7) is 2.48. The smallest absolute Gasteiger partial charge is 0.134 e. The lowest BCUT2D eigenvalue weighted by molar-refractivity contribution is 0.0998. The first kappa shape index (κ1) is 10.2. The second-order valence-corrected chi connectivity index (χ2v) is 4.78. The molecular formula is C12H17N3O. The van der Waals surface area contributed by atoms with Gasteiger partial charge >= 0.3 is 0 Å². The number of aryl methyl sites for hydroxylation is 1. The number of rotatable bonds is 2. The third-order valence-electron chi connectivity index (χ3n) is 3.57. The van der Waals surface area contributed by atoms with E-state index in [-0.39, 0.29) is 0 Å². The highest BCUT2D eigenvalue weighted by atomic mass is 16.5. The van der Waals surface area contributed by atoms with Gasteiger partial charge in [0, 0.05) is 18.2 Å². The molecule has 3 rings (SSSR count). The molecule has 2 aliphatic rings. The lowest BCUT2D eigenvalue weighted by Gasteiger charge is -2.17. The van der Waals surface area contributed by atoms with Crippen molar-refractivity contribution in [2.24, 2.45) is 5.73 Å². The summed E-state index contributed by atoms with van der Waals surface area (Å²) in [5.74, 6) is 1.33. The van der Waals surface area contributed by atoms with Gasteiger partial charge in [0.05, 0.1) is 17.9 Å². The molecule has 0 spiro atoms. The van der Waals surface area contributed by atoms with Gasteiger partial charge in [-0.1, -0.05) is 0 Å². The number of aromatic nitrogens is 2. The maximum absolute atomic E-state index is 5.84. The van der Waals surface area contributed by atoms with Gasteiger partial charge in [-0.2, -0.15) is 0 Å². The van der Waals surface area contributed by atoms with Crippen molar-refractivity contribution in [3.63, 3.8) is 0 Å². The fraction of sp³-hybridized carbons (Fsp3) is 0.667. The molecular weight excluding hydrogens is 202 g/mol. The highest BCUT2D eigenvalue weighted by Gasteiger charge is 2.42. The molecule has 86 valence electrons. The van der Waals surface area contributed by atoms with Crippen molar-refractivity contribution in [3.05, 3.63) is 23.3 Å². The zero-order chi connectivity index (χ0) is 11.1. The van der Waals surface area contributed by atoms with E-state index in [1.165, 1.54) is 6.42 Å². The monoisotopic (exact) mass is 219 g/mol. The van der Waals surface area contributed by atoms with Crippen LogP contribution in [0.15, 0.2) is 6.07 Å². The highest BCUT2D eigenvalue weighted by molar-refractivity contribution is 5.15. The zero-order valence-corrected chi connectivity index (χ0v) is 9.52. The van der Waals surface area contributed by atoms with E-state index in [2.05, 4.69) is 9.97 Å². The maximum Gasteiger partial charge on any atom is 0.134 e. The first-order chi connectivity index (χ1) is 7.76. The summed E-state index contributed by atoms with van der Waals surface area (Å²) in [6, 6.07) is 1.96. The van der Waals surface area contributed by atoms with Gasteiger partial charge in [-0.05, 0) is 32.3 Å². The van der Waals surface area contributed by atoms with Gasteiger partial charge < -0.3 is 10.5 Å². The van der Waals surface area contributed by atoms with Crippen LogP contribution in [0.4, 0.5) is 0 Å². The molecule has 2 saturated heterocycles. The van der Waals surface area contributed by atoms with Crippen molar-refractivity contribution in [1.82, 2.24) is 9.97 Å². The molecule has 3 unspecified atom stereocenters. The molecule has 0 saturated carbocycles. The molecule has 0 radical (unpaired) electrons. The summed E-state index contributed by atoms with van der Waals surface area (Å²) in [5.41, 5.74) is 7.58. The summed E-state index contributed by atoms with van der Waals surface area (Å²) < 4.78 is 5.84. The lowest BCUT2D eigenvalue weighted by Crippen LogP contribution is -2.18. The minimum atomic E-state index is 0.345. The average Bonchev–Trinajstić information content (AvgIpc) is 2.89. The normalized spacial score (nSPS) is 32.2. The van der Waals surface area contributed by atoms with E-state index >= 15 is 0 Å². The standard InChI is InChI=1S/C12H17N3O/c1-7-4-8(6-13)15-12(14-7)10-5-9-2-3-11(10)16-9/h4,9-11H,2-3,5-6,13H2,1H3. The lowest BCUT2D eigenvalue weighted by atomic mass is 9.88. The summed E-state index contributed by atoms with van der Waals surface area (Å²) >= 11 is 0. The van der Waals surface area contributed by atoms with E-state index in [0.29, 0.717) is 24.7 Å². The van der Waals surface area contributed by atoms with Gasteiger partial charge in [0.2, 0.25) is 0 Å². The predicted octanol–water partition coefficient (Wildman–Crippen LogP) is 1.28. The zero-order valence-electron chi connectivity index (χ0n) is 9.52. The molecule has 4 nitrogen and oxygen atoms in total. The quantitative estimate of drug-likeness (QED) is 0.814.